The molecule has 7 heteroatoms. The molecule has 0 fully saturated rings. The van der Waals surface area contributed by atoms with Gasteiger partial charge in [-0.25, -0.2) is 4.57 Å². The monoisotopic (exact) mass is 484 g/mol. The molecule has 0 amide bonds. The van der Waals surface area contributed by atoms with Gasteiger partial charge in [0, 0.05) is 7.11 Å². The molecule has 1 N–H and O–H groups in total. The standard InChI is InChI=1S/C27H33O6P/c1-19(2)25-15-22(11-12-27(25)31-17-30-5)16-26-20(3)13-24(14-21(26)4)32-18-34(28,29)33-23-9-7-6-8-10-23/h6-15,19H,16-18H2,1-5H3,(H,28,29). The fourth-order valence-corrected chi connectivity index (χ4v) is 4.58. The molecule has 0 aliphatic carbocycles. The molecule has 3 aromatic rings. The molecule has 0 aliphatic rings. The summed E-state index contributed by atoms with van der Waals surface area (Å²) in [7, 11) is -2.34. The van der Waals surface area contributed by atoms with Crippen molar-refractivity contribution in [2.75, 3.05) is 20.3 Å². The van der Waals surface area contributed by atoms with Crippen LogP contribution in [0.4, 0.5) is 0 Å². The topological polar surface area (TPSA) is 74.2 Å². The highest BCUT2D eigenvalue weighted by atomic mass is 31.2. The van der Waals surface area contributed by atoms with Crippen LogP contribution in [0.1, 0.15) is 47.6 Å². The SMILES string of the molecule is COCOc1ccc(Cc2c(C)cc(OCP(=O)(O)Oc3ccccc3)cc2C)cc1C(C)C. The molecule has 0 aliphatic heterocycles. The van der Waals surface area contributed by atoms with Gasteiger partial charge in [-0.3, -0.25) is 0 Å². The summed E-state index contributed by atoms with van der Waals surface area (Å²) < 4.78 is 34.0. The van der Waals surface area contributed by atoms with Crippen LogP contribution >= 0.6 is 7.60 Å². The average Bonchev–Trinajstić information content (AvgIpc) is 2.79. The Hall–Kier alpha value is -2.79. The molecule has 3 aromatic carbocycles. The summed E-state index contributed by atoms with van der Waals surface area (Å²) in [5.74, 6) is 2.02. The van der Waals surface area contributed by atoms with E-state index >= 15 is 0 Å². The molecule has 0 radical (unpaired) electrons. The maximum Gasteiger partial charge on any atom is 0.413 e. The van der Waals surface area contributed by atoms with E-state index in [9.17, 15) is 9.46 Å². The second-order valence-corrected chi connectivity index (χ2v) is 10.3. The van der Waals surface area contributed by atoms with Crippen molar-refractivity contribution in [3.05, 3.63) is 88.5 Å². The lowest BCUT2D eigenvalue weighted by molar-refractivity contribution is 0.0502. The minimum Gasteiger partial charge on any atom is -0.480 e. The third kappa shape index (κ3) is 7.10. The molecule has 3 rings (SSSR count). The van der Waals surface area contributed by atoms with Crippen LogP contribution in [0, 0.1) is 13.8 Å². The Morgan fingerprint density at radius 2 is 1.59 bits per heavy atom. The van der Waals surface area contributed by atoms with E-state index in [0.717, 1.165) is 28.9 Å². The van der Waals surface area contributed by atoms with E-state index in [-0.39, 0.29) is 6.79 Å². The van der Waals surface area contributed by atoms with Gasteiger partial charge in [-0.05, 0) is 84.3 Å². The van der Waals surface area contributed by atoms with Gasteiger partial charge in [0.2, 0.25) is 0 Å². The predicted octanol–water partition coefficient (Wildman–Crippen LogP) is 6.60. The van der Waals surface area contributed by atoms with Crippen molar-refractivity contribution < 1.29 is 28.2 Å². The minimum atomic E-state index is -3.95. The molecule has 182 valence electrons. The predicted molar refractivity (Wildman–Crippen MR) is 134 cm³/mol. The first-order valence-electron chi connectivity index (χ1n) is 11.2. The lowest BCUT2D eigenvalue weighted by Gasteiger charge is -2.18. The summed E-state index contributed by atoms with van der Waals surface area (Å²) in [5, 5.41) is 0. The van der Waals surface area contributed by atoms with Crippen LogP contribution in [0.15, 0.2) is 60.7 Å². The first-order valence-corrected chi connectivity index (χ1v) is 13.0. The lowest BCUT2D eigenvalue weighted by Crippen LogP contribution is -2.06. The van der Waals surface area contributed by atoms with E-state index in [1.807, 2.05) is 38.1 Å². The molecule has 0 saturated heterocycles. The van der Waals surface area contributed by atoms with Crippen LogP contribution < -0.4 is 14.0 Å². The molecule has 0 bridgehead atoms. The molecule has 0 aromatic heterocycles. The van der Waals surface area contributed by atoms with Crippen molar-refractivity contribution in [2.24, 2.45) is 0 Å². The molecule has 6 nitrogen and oxygen atoms in total. The number of hydrogen-bond acceptors (Lipinski definition) is 5. The molecular weight excluding hydrogens is 451 g/mol. The van der Waals surface area contributed by atoms with Gasteiger partial charge in [-0.15, -0.1) is 0 Å². The first kappa shape index (κ1) is 25.8. The minimum absolute atomic E-state index is 0.218. The van der Waals surface area contributed by atoms with E-state index in [4.69, 9.17) is 18.7 Å². The van der Waals surface area contributed by atoms with Crippen molar-refractivity contribution in [2.45, 2.75) is 40.0 Å². The van der Waals surface area contributed by atoms with E-state index in [1.165, 1.54) is 11.1 Å². The van der Waals surface area contributed by atoms with Gasteiger partial charge in [0.1, 0.15) is 17.2 Å². The van der Waals surface area contributed by atoms with Crippen molar-refractivity contribution in [1.82, 2.24) is 0 Å². The van der Waals surface area contributed by atoms with Crippen molar-refractivity contribution in [3.8, 4) is 17.2 Å². The van der Waals surface area contributed by atoms with Gasteiger partial charge in [-0.1, -0.05) is 44.2 Å². The van der Waals surface area contributed by atoms with Gasteiger partial charge in [0.15, 0.2) is 13.1 Å². The number of aryl methyl sites for hydroxylation is 2. The molecule has 0 spiro atoms. The second-order valence-electron chi connectivity index (χ2n) is 8.61. The van der Waals surface area contributed by atoms with Gasteiger partial charge < -0.3 is 23.6 Å². The van der Waals surface area contributed by atoms with Crippen molar-refractivity contribution >= 4 is 7.60 Å². The number of para-hydroxylation sites is 1. The number of benzene rings is 3. The van der Waals surface area contributed by atoms with Gasteiger partial charge in [-0.2, -0.15) is 0 Å². The fourth-order valence-electron chi connectivity index (χ4n) is 3.76. The number of rotatable bonds is 11. The quantitative estimate of drug-likeness (QED) is 0.244. The highest BCUT2D eigenvalue weighted by molar-refractivity contribution is 7.53. The summed E-state index contributed by atoms with van der Waals surface area (Å²) in [6.45, 7) is 8.54. The summed E-state index contributed by atoms with van der Waals surface area (Å²) in [6, 6.07) is 18.6. The Bertz CT molecular complexity index is 1120. The number of ether oxygens (including phenoxy) is 3. The van der Waals surface area contributed by atoms with Crippen LogP contribution in [0.25, 0.3) is 0 Å². The fraction of sp³-hybridized carbons (Fsp3) is 0.333. The van der Waals surface area contributed by atoms with Gasteiger partial charge in [0.05, 0.1) is 0 Å². The van der Waals surface area contributed by atoms with E-state index in [0.29, 0.717) is 17.4 Å². The zero-order chi connectivity index (χ0) is 24.7. The van der Waals surface area contributed by atoms with Crippen molar-refractivity contribution in [1.29, 1.82) is 0 Å². The Morgan fingerprint density at radius 3 is 2.21 bits per heavy atom. The van der Waals surface area contributed by atoms with Crippen LogP contribution in [0.2, 0.25) is 0 Å². The summed E-state index contributed by atoms with van der Waals surface area (Å²) >= 11 is 0. The van der Waals surface area contributed by atoms with Crippen LogP contribution in [0.3, 0.4) is 0 Å². The number of methoxy groups -OCH3 is 1. The third-order valence-corrected chi connectivity index (χ3v) is 6.42. The maximum absolute atomic E-state index is 12.4. The highest BCUT2D eigenvalue weighted by Crippen LogP contribution is 2.42. The Morgan fingerprint density at radius 1 is 0.912 bits per heavy atom. The highest BCUT2D eigenvalue weighted by Gasteiger charge is 2.22. The van der Waals surface area contributed by atoms with E-state index in [1.54, 1.807) is 31.4 Å². The Balaban J connectivity index is 1.72. The molecule has 0 saturated carbocycles. The number of hydrogen-bond donors (Lipinski definition) is 1. The molecule has 34 heavy (non-hydrogen) atoms. The van der Waals surface area contributed by atoms with Gasteiger partial charge in [0.25, 0.3) is 0 Å². The van der Waals surface area contributed by atoms with Crippen LogP contribution in [-0.2, 0) is 15.7 Å². The largest absolute Gasteiger partial charge is 0.480 e. The van der Waals surface area contributed by atoms with Crippen LogP contribution in [0.5, 0.6) is 17.2 Å². The Kier molecular flexibility index (Phi) is 8.78. The Labute approximate surface area is 202 Å². The maximum atomic E-state index is 12.4. The zero-order valence-corrected chi connectivity index (χ0v) is 21.3. The van der Waals surface area contributed by atoms with Gasteiger partial charge >= 0.3 is 7.60 Å². The summed E-state index contributed by atoms with van der Waals surface area (Å²) in [4.78, 5) is 10.2. The lowest BCUT2D eigenvalue weighted by atomic mass is 9.93. The zero-order valence-electron chi connectivity index (χ0n) is 20.4. The first-order chi connectivity index (χ1) is 16.2. The molecular formula is C27H33O6P. The smallest absolute Gasteiger partial charge is 0.413 e. The summed E-state index contributed by atoms with van der Waals surface area (Å²) in [5.41, 5.74) is 5.63. The third-order valence-electron chi connectivity index (χ3n) is 5.46. The summed E-state index contributed by atoms with van der Waals surface area (Å²) in [6.07, 6.45) is 0.332. The second kappa shape index (κ2) is 11.6. The molecule has 0 heterocycles. The van der Waals surface area contributed by atoms with E-state index in [2.05, 4.69) is 26.0 Å². The van der Waals surface area contributed by atoms with Crippen LogP contribution in [-0.4, -0.2) is 25.1 Å². The van der Waals surface area contributed by atoms with E-state index < -0.39 is 13.9 Å². The molecule has 1 atom stereocenters. The molecule has 1 unspecified atom stereocenters. The normalized spacial score (nSPS) is 12.9. The average molecular weight is 485 g/mol. The van der Waals surface area contributed by atoms with Crippen molar-refractivity contribution in [3.63, 3.8) is 0 Å².